The van der Waals surface area contributed by atoms with Gasteiger partial charge in [0.15, 0.2) is 0 Å². The molecule has 0 spiro atoms. The Labute approximate surface area is 117 Å². The fraction of sp³-hybridized carbons (Fsp3) is 0.429. The molecule has 3 heteroatoms. The molecular weight excluding hydrogens is 300 g/mol. The molecule has 94 valence electrons. The van der Waals surface area contributed by atoms with Gasteiger partial charge in [-0.15, -0.1) is 6.58 Å². The van der Waals surface area contributed by atoms with Crippen molar-refractivity contribution >= 4 is 27.5 Å². The fourth-order valence-corrected chi connectivity index (χ4v) is 2.35. The Morgan fingerprint density at radius 2 is 2.12 bits per heavy atom. The number of halogens is 2. The molecule has 0 bridgehead atoms. The molecule has 1 rings (SSSR count). The quantitative estimate of drug-likeness (QED) is 0.536. The van der Waals surface area contributed by atoms with Gasteiger partial charge in [0, 0.05) is 15.1 Å². The first-order valence-electron chi connectivity index (χ1n) is 5.89. The summed E-state index contributed by atoms with van der Waals surface area (Å²) in [5.74, 6) is 0. The highest BCUT2D eigenvalue weighted by atomic mass is 79.9. The van der Waals surface area contributed by atoms with Crippen LogP contribution in [0.4, 0.5) is 0 Å². The van der Waals surface area contributed by atoms with Crippen molar-refractivity contribution in [3.05, 3.63) is 45.9 Å². The maximum Gasteiger partial charge on any atom is 0.0804 e. The third kappa shape index (κ3) is 5.24. The molecule has 1 aromatic rings. The van der Waals surface area contributed by atoms with Gasteiger partial charge in [-0.2, -0.15) is 0 Å². The van der Waals surface area contributed by atoms with Gasteiger partial charge < -0.3 is 5.11 Å². The van der Waals surface area contributed by atoms with Crippen molar-refractivity contribution in [2.24, 2.45) is 0 Å². The Morgan fingerprint density at radius 3 is 2.82 bits per heavy atom. The lowest BCUT2D eigenvalue weighted by Gasteiger charge is -2.12. The normalized spacial score (nSPS) is 12.4. The maximum absolute atomic E-state index is 10.1. The molecular formula is C14H18BrClO. The lowest BCUT2D eigenvalue weighted by atomic mass is 10.0. The minimum Gasteiger partial charge on any atom is -0.388 e. The average Bonchev–Trinajstić information content (AvgIpc) is 2.32. The Balaban J connectivity index is 2.43. The van der Waals surface area contributed by atoms with Crippen molar-refractivity contribution in [2.45, 2.75) is 38.2 Å². The first-order valence-corrected chi connectivity index (χ1v) is 7.06. The molecule has 17 heavy (non-hydrogen) atoms. The lowest BCUT2D eigenvalue weighted by Crippen LogP contribution is -1.98. The molecule has 0 saturated heterocycles. The molecule has 0 fully saturated rings. The minimum absolute atomic E-state index is 0.469. The summed E-state index contributed by atoms with van der Waals surface area (Å²) in [6, 6.07) is 5.57. The van der Waals surface area contributed by atoms with E-state index in [0.29, 0.717) is 5.02 Å². The van der Waals surface area contributed by atoms with Crippen molar-refractivity contribution in [1.82, 2.24) is 0 Å². The SMILES string of the molecule is C=CCCCCCC(O)c1cc(Br)ccc1Cl. The highest BCUT2D eigenvalue weighted by Gasteiger charge is 2.11. The van der Waals surface area contributed by atoms with Crippen molar-refractivity contribution < 1.29 is 5.11 Å². The molecule has 1 aromatic carbocycles. The number of rotatable bonds is 7. The van der Waals surface area contributed by atoms with Crippen LogP contribution >= 0.6 is 27.5 Å². The molecule has 1 atom stereocenters. The Kier molecular flexibility index (Phi) is 6.86. The molecule has 0 saturated carbocycles. The van der Waals surface area contributed by atoms with Crippen LogP contribution in [0.5, 0.6) is 0 Å². The van der Waals surface area contributed by atoms with Crippen molar-refractivity contribution in [2.75, 3.05) is 0 Å². The highest BCUT2D eigenvalue weighted by Crippen LogP contribution is 2.29. The first kappa shape index (κ1) is 14.7. The van der Waals surface area contributed by atoms with E-state index >= 15 is 0 Å². The van der Waals surface area contributed by atoms with E-state index in [-0.39, 0.29) is 0 Å². The molecule has 1 N–H and O–H groups in total. The fourth-order valence-electron chi connectivity index (χ4n) is 1.73. The summed E-state index contributed by atoms with van der Waals surface area (Å²) in [6.07, 6.45) is 6.54. The summed E-state index contributed by atoms with van der Waals surface area (Å²) < 4.78 is 0.947. The Hall–Kier alpha value is -0.310. The molecule has 0 aromatic heterocycles. The smallest absolute Gasteiger partial charge is 0.0804 e. The van der Waals surface area contributed by atoms with Crippen LogP contribution in [-0.2, 0) is 0 Å². The van der Waals surface area contributed by atoms with E-state index in [0.717, 1.165) is 42.1 Å². The number of allylic oxidation sites excluding steroid dienone is 1. The monoisotopic (exact) mass is 316 g/mol. The second-order valence-electron chi connectivity index (χ2n) is 4.11. The number of aliphatic hydroxyl groups excluding tert-OH is 1. The number of hydrogen-bond acceptors (Lipinski definition) is 1. The first-order chi connectivity index (χ1) is 8.15. The molecule has 0 radical (unpaired) electrons. The third-order valence-corrected chi connectivity index (χ3v) is 3.54. The summed E-state index contributed by atoms with van der Waals surface area (Å²) in [4.78, 5) is 0. The van der Waals surface area contributed by atoms with Gasteiger partial charge in [0.05, 0.1) is 6.10 Å². The molecule has 0 aliphatic rings. The summed E-state index contributed by atoms with van der Waals surface area (Å²) in [5.41, 5.74) is 0.810. The summed E-state index contributed by atoms with van der Waals surface area (Å²) >= 11 is 9.45. The number of unbranched alkanes of at least 4 members (excludes halogenated alkanes) is 3. The maximum atomic E-state index is 10.1. The predicted octanol–water partition coefficient (Wildman–Crippen LogP) is 5.27. The van der Waals surface area contributed by atoms with Crippen LogP contribution in [0, 0.1) is 0 Å². The minimum atomic E-state index is -0.469. The van der Waals surface area contributed by atoms with E-state index < -0.39 is 6.10 Å². The van der Waals surface area contributed by atoms with Gasteiger partial charge in [0.1, 0.15) is 0 Å². The van der Waals surface area contributed by atoms with Crippen LogP contribution in [0.1, 0.15) is 43.8 Å². The lowest BCUT2D eigenvalue weighted by molar-refractivity contribution is 0.163. The summed E-state index contributed by atoms with van der Waals surface area (Å²) in [5, 5.41) is 10.7. The molecule has 0 heterocycles. The van der Waals surface area contributed by atoms with Gasteiger partial charge in [-0.25, -0.2) is 0 Å². The summed E-state index contributed by atoms with van der Waals surface area (Å²) in [6.45, 7) is 3.69. The van der Waals surface area contributed by atoms with Crippen molar-refractivity contribution in [3.8, 4) is 0 Å². The standard InChI is InChI=1S/C14H18BrClO/c1-2-3-4-5-6-7-14(17)12-10-11(15)8-9-13(12)16/h2,8-10,14,17H,1,3-7H2. The molecule has 0 amide bonds. The summed E-state index contributed by atoms with van der Waals surface area (Å²) in [7, 11) is 0. The van der Waals surface area contributed by atoms with Crippen LogP contribution < -0.4 is 0 Å². The van der Waals surface area contributed by atoms with Crippen LogP contribution in [0.3, 0.4) is 0 Å². The van der Waals surface area contributed by atoms with Crippen molar-refractivity contribution in [3.63, 3.8) is 0 Å². The van der Waals surface area contributed by atoms with Crippen LogP contribution in [0.25, 0.3) is 0 Å². The van der Waals surface area contributed by atoms with E-state index in [1.807, 2.05) is 24.3 Å². The second-order valence-corrected chi connectivity index (χ2v) is 5.43. The van der Waals surface area contributed by atoms with Gasteiger partial charge in [-0.3, -0.25) is 0 Å². The molecule has 1 nitrogen and oxygen atoms in total. The molecule has 0 aliphatic carbocycles. The van der Waals surface area contributed by atoms with Crippen LogP contribution in [0.2, 0.25) is 5.02 Å². The zero-order valence-corrected chi connectivity index (χ0v) is 12.2. The molecule has 0 aliphatic heterocycles. The van der Waals surface area contributed by atoms with Gasteiger partial charge in [0.2, 0.25) is 0 Å². The van der Waals surface area contributed by atoms with Crippen LogP contribution in [-0.4, -0.2) is 5.11 Å². The van der Waals surface area contributed by atoms with E-state index in [1.165, 1.54) is 0 Å². The average molecular weight is 318 g/mol. The van der Waals surface area contributed by atoms with Gasteiger partial charge in [-0.05, 0) is 37.5 Å². The molecule has 1 unspecified atom stereocenters. The Bertz CT molecular complexity index is 365. The number of aliphatic hydroxyl groups is 1. The topological polar surface area (TPSA) is 20.2 Å². The van der Waals surface area contributed by atoms with E-state index in [1.54, 1.807) is 0 Å². The van der Waals surface area contributed by atoms with E-state index in [2.05, 4.69) is 22.5 Å². The number of hydrogen-bond donors (Lipinski definition) is 1. The van der Waals surface area contributed by atoms with Gasteiger partial charge in [-0.1, -0.05) is 46.4 Å². The Morgan fingerprint density at radius 1 is 1.35 bits per heavy atom. The van der Waals surface area contributed by atoms with Gasteiger partial charge >= 0.3 is 0 Å². The van der Waals surface area contributed by atoms with E-state index in [9.17, 15) is 5.11 Å². The third-order valence-electron chi connectivity index (χ3n) is 2.70. The highest BCUT2D eigenvalue weighted by molar-refractivity contribution is 9.10. The predicted molar refractivity (Wildman–Crippen MR) is 77.4 cm³/mol. The van der Waals surface area contributed by atoms with E-state index in [4.69, 9.17) is 11.6 Å². The van der Waals surface area contributed by atoms with Gasteiger partial charge in [0.25, 0.3) is 0 Å². The van der Waals surface area contributed by atoms with Crippen molar-refractivity contribution in [1.29, 1.82) is 0 Å². The largest absolute Gasteiger partial charge is 0.388 e. The zero-order chi connectivity index (χ0) is 12.7. The van der Waals surface area contributed by atoms with Crippen LogP contribution in [0.15, 0.2) is 35.3 Å². The number of benzene rings is 1. The second kappa shape index (κ2) is 7.91. The zero-order valence-electron chi connectivity index (χ0n) is 9.83.